The second-order valence-corrected chi connectivity index (χ2v) is 7.38. The molecule has 0 spiro atoms. The molecular weight excluding hydrogens is 206 g/mol. The van der Waals surface area contributed by atoms with Crippen LogP contribution in [-0.4, -0.2) is 39.6 Å². The van der Waals surface area contributed by atoms with Gasteiger partial charge in [0.15, 0.2) is 0 Å². The zero-order valence-electron chi connectivity index (χ0n) is 8.70. The molecule has 0 aromatic rings. The molecule has 0 aliphatic rings. The lowest BCUT2D eigenvalue weighted by Gasteiger charge is -2.25. The topological polar surface area (TPSA) is 62.9 Å². The summed E-state index contributed by atoms with van der Waals surface area (Å²) in [6.45, 7) is 2.06. The molecular formula is C6H19NO4Si2. The highest BCUT2D eigenvalue weighted by molar-refractivity contribution is 6.65. The Morgan fingerprint density at radius 3 is 1.92 bits per heavy atom. The molecule has 0 bridgehead atoms. The molecule has 80 valence electrons. The fourth-order valence-electron chi connectivity index (χ4n) is 0.923. The molecule has 1 atom stereocenters. The van der Waals surface area contributed by atoms with Gasteiger partial charge in [0.05, 0.1) is 0 Å². The van der Waals surface area contributed by atoms with Gasteiger partial charge in [-0.25, -0.2) is 0 Å². The van der Waals surface area contributed by atoms with Crippen molar-refractivity contribution < 1.29 is 17.4 Å². The van der Waals surface area contributed by atoms with Gasteiger partial charge in [0, 0.05) is 21.3 Å². The molecule has 0 aromatic carbocycles. The van der Waals surface area contributed by atoms with Gasteiger partial charge in [0.25, 0.3) is 0 Å². The van der Waals surface area contributed by atoms with Gasteiger partial charge in [0.1, 0.15) is 0 Å². The summed E-state index contributed by atoms with van der Waals surface area (Å²) in [4.78, 5) is 0. The standard InChI is InChI=1S/C6H19NO4Si2/c1-5-6-12(7)11-13(8-2,9-3)10-4/h12H,5-7H2,1-4H3. The third kappa shape index (κ3) is 4.31. The Balaban J connectivity index is 4.07. The number of hydrogen-bond donors (Lipinski definition) is 1. The van der Waals surface area contributed by atoms with E-state index < -0.39 is 18.2 Å². The quantitative estimate of drug-likeness (QED) is 0.616. The van der Waals surface area contributed by atoms with Crippen molar-refractivity contribution in [1.82, 2.24) is 0 Å². The lowest BCUT2D eigenvalue weighted by Crippen LogP contribution is -2.52. The van der Waals surface area contributed by atoms with Crippen LogP contribution in [0.25, 0.3) is 0 Å². The SMILES string of the molecule is CCC[SiH](N)O[Si](OC)(OC)OC. The Hall–Kier alpha value is 0.234. The molecule has 5 nitrogen and oxygen atoms in total. The van der Waals surface area contributed by atoms with Crippen molar-refractivity contribution in [3.63, 3.8) is 0 Å². The maximum atomic E-state index is 5.81. The molecule has 0 radical (unpaired) electrons. The fourth-order valence-corrected chi connectivity index (χ4v) is 5.10. The molecule has 0 amide bonds. The highest BCUT2D eigenvalue weighted by atomic mass is 28.5. The molecule has 2 N–H and O–H groups in total. The van der Waals surface area contributed by atoms with Crippen molar-refractivity contribution in [3.05, 3.63) is 0 Å². The van der Waals surface area contributed by atoms with Gasteiger partial charge in [-0.05, 0) is 6.04 Å². The van der Waals surface area contributed by atoms with Crippen LogP contribution in [0.4, 0.5) is 0 Å². The van der Waals surface area contributed by atoms with Crippen LogP contribution in [-0.2, 0) is 17.4 Å². The Morgan fingerprint density at radius 1 is 1.15 bits per heavy atom. The second-order valence-electron chi connectivity index (χ2n) is 2.56. The summed E-state index contributed by atoms with van der Waals surface area (Å²) in [6.07, 6.45) is 1.01. The van der Waals surface area contributed by atoms with Crippen molar-refractivity contribution in [1.29, 1.82) is 0 Å². The van der Waals surface area contributed by atoms with E-state index in [0.29, 0.717) is 0 Å². The van der Waals surface area contributed by atoms with E-state index in [1.54, 1.807) is 0 Å². The lowest BCUT2D eigenvalue weighted by molar-refractivity contribution is 0.0498. The average molecular weight is 225 g/mol. The predicted octanol–water partition coefficient (Wildman–Crippen LogP) is -0.0330. The molecule has 7 heteroatoms. The highest BCUT2D eigenvalue weighted by Gasteiger charge is 2.43. The van der Waals surface area contributed by atoms with Crippen molar-refractivity contribution >= 4 is 18.2 Å². The van der Waals surface area contributed by atoms with Crippen LogP contribution >= 0.6 is 0 Å². The van der Waals surface area contributed by atoms with Gasteiger partial charge in [-0.2, -0.15) is 0 Å². The lowest BCUT2D eigenvalue weighted by atomic mass is 10.6. The van der Waals surface area contributed by atoms with Gasteiger partial charge in [-0.1, -0.05) is 13.3 Å². The maximum Gasteiger partial charge on any atom is 0.668 e. The van der Waals surface area contributed by atoms with Crippen LogP contribution < -0.4 is 5.40 Å². The zero-order valence-corrected chi connectivity index (χ0v) is 10.9. The van der Waals surface area contributed by atoms with E-state index in [0.717, 1.165) is 12.5 Å². The fraction of sp³-hybridized carbons (Fsp3) is 1.00. The Morgan fingerprint density at radius 2 is 1.62 bits per heavy atom. The van der Waals surface area contributed by atoms with E-state index in [9.17, 15) is 0 Å². The molecule has 0 aliphatic heterocycles. The molecule has 0 rings (SSSR count). The Bertz CT molecular complexity index is 126. The van der Waals surface area contributed by atoms with Crippen molar-refractivity contribution in [3.8, 4) is 0 Å². The van der Waals surface area contributed by atoms with Crippen molar-refractivity contribution in [2.75, 3.05) is 21.3 Å². The molecule has 13 heavy (non-hydrogen) atoms. The molecule has 0 aromatic heterocycles. The van der Waals surface area contributed by atoms with Crippen molar-refractivity contribution in [2.24, 2.45) is 5.40 Å². The first-order valence-electron chi connectivity index (χ1n) is 4.23. The van der Waals surface area contributed by atoms with Crippen LogP contribution in [0.3, 0.4) is 0 Å². The second kappa shape index (κ2) is 6.65. The average Bonchev–Trinajstić information content (AvgIpc) is 2.15. The van der Waals surface area contributed by atoms with Crippen LogP contribution in [0.15, 0.2) is 0 Å². The first-order chi connectivity index (χ1) is 6.14. The van der Waals surface area contributed by atoms with E-state index >= 15 is 0 Å². The maximum absolute atomic E-state index is 5.81. The first-order valence-corrected chi connectivity index (χ1v) is 7.81. The number of nitrogens with two attached hydrogens (primary N) is 1. The first kappa shape index (κ1) is 13.2. The highest BCUT2D eigenvalue weighted by Crippen LogP contribution is 2.09. The largest absolute Gasteiger partial charge is 0.668 e. The molecule has 0 aliphatic carbocycles. The van der Waals surface area contributed by atoms with E-state index in [1.807, 2.05) is 0 Å². The summed E-state index contributed by atoms with van der Waals surface area (Å²) in [5.74, 6) is 0. The molecule has 0 heterocycles. The van der Waals surface area contributed by atoms with Crippen LogP contribution in [0.2, 0.25) is 6.04 Å². The zero-order chi connectivity index (χ0) is 10.3. The van der Waals surface area contributed by atoms with Crippen LogP contribution in [0, 0.1) is 0 Å². The summed E-state index contributed by atoms with van der Waals surface area (Å²) in [5, 5.41) is 5.81. The summed E-state index contributed by atoms with van der Waals surface area (Å²) in [7, 11) is -0.0556. The van der Waals surface area contributed by atoms with Gasteiger partial charge in [0.2, 0.25) is 9.20 Å². The minimum atomic E-state index is -2.88. The Kier molecular flexibility index (Phi) is 6.77. The third-order valence-electron chi connectivity index (χ3n) is 1.62. The molecule has 0 saturated carbocycles. The summed E-state index contributed by atoms with van der Waals surface area (Å²) in [6, 6.07) is 0.894. The number of hydrogen-bond acceptors (Lipinski definition) is 5. The summed E-state index contributed by atoms with van der Waals surface area (Å²) >= 11 is 0. The smallest absolute Gasteiger partial charge is 0.383 e. The molecule has 1 unspecified atom stereocenters. The summed E-state index contributed by atoms with van der Waals surface area (Å²) in [5.41, 5.74) is 0. The van der Waals surface area contributed by atoms with E-state index in [1.165, 1.54) is 21.3 Å². The van der Waals surface area contributed by atoms with Gasteiger partial charge in [-0.15, -0.1) is 0 Å². The minimum Gasteiger partial charge on any atom is -0.383 e. The van der Waals surface area contributed by atoms with E-state index in [2.05, 4.69) is 6.92 Å². The van der Waals surface area contributed by atoms with E-state index in [4.69, 9.17) is 22.8 Å². The van der Waals surface area contributed by atoms with Gasteiger partial charge in [-0.3, -0.25) is 0 Å². The van der Waals surface area contributed by atoms with Gasteiger partial charge < -0.3 is 22.8 Å². The molecule has 0 saturated heterocycles. The monoisotopic (exact) mass is 225 g/mol. The minimum absolute atomic E-state index is 0.894. The van der Waals surface area contributed by atoms with Crippen LogP contribution in [0.1, 0.15) is 13.3 Å². The van der Waals surface area contributed by atoms with Gasteiger partial charge >= 0.3 is 9.05 Å². The van der Waals surface area contributed by atoms with Crippen molar-refractivity contribution in [2.45, 2.75) is 19.4 Å². The van der Waals surface area contributed by atoms with Crippen LogP contribution in [0.5, 0.6) is 0 Å². The van der Waals surface area contributed by atoms with E-state index in [-0.39, 0.29) is 0 Å². The number of rotatable bonds is 7. The predicted molar refractivity (Wildman–Crippen MR) is 54.3 cm³/mol. The normalized spacial score (nSPS) is 14.5. The third-order valence-corrected chi connectivity index (χ3v) is 6.63. The summed E-state index contributed by atoms with van der Waals surface area (Å²) < 4.78 is 20.8. The molecule has 0 fully saturated rings. The Labute approximate surface area is 82.4 Å².